The third-order valence-corrected chi connectivity index (χ3v) is 16.0. The van der Waals surface area contributed by atoms with Crippen LogP contribution in [0.25, 0.3) is 0 Å². The normalized spacial score (nSPS) is 12.3. The molecule has 1 unspecified atom stereocenters. The van der Waals surface area contributed by atoms with Crippen LogP contribution in [0.3, 0.4) is 0 Å². The molecule has 0 heterocycles. The van der Waals surface area contributed by atoms with Crippen LogP contribution in [0.4, 0.5) is 0 Å². The number of ether oxygens (including phenoxy) is 3. The van der Waals surface area contributed by atoms with Gasteiger partial charge in [0.1, 0.15) is 13.2 Å². The van der Waals surface area contributed by atoms with Gasteiger partial charge in [-0.15, -0.1) is 0 Å². The average Bonchev–Trinajstić information content (AvgIpc) is 3.46. The van der Waals surface area contributed by atoms with E-state index in [1.165, 1.54) is 276 Å². The summed E-state index contributed by atoms with van der Waals surface area (Å²) < 4.78 is 17.0. The quantitative estimate of drug-likeness (QED) is 0.0261. The number of rotatable bonds is 66. The van der Waals surface area contributed by atoms with Gasteiger partial charge in [-0.25, -0.2) is 0 Å². The Hall–Kier alpha value is -2.63. The Balaban J connectivity index is 4.22. The molecule has 0 saturated heterocycles. The first-order valence-corrected chi connectivity index (χ1v) is 35.6. The van der Waals surface area contributed by atoms with E-state index >= 15 is 0 Å². The van der Waals surface area contributed by atoms with Gasteiger partial charge in [0.25, 0.3) is 0 Å². The summed E-state index contributed by atoms with van der Waals surface area (Å²) in [6.07, 6.45) is 87.2. The summed E-state index contributed by atoms with van der Waals surface area (Å²) in [5, 5.41) is 0. The van der Waals surface area contributed by atoms with Crippen LogP contribution in [0.15, 0.2) is 48.6 Å². The lowest BCUT2D eigenvalue weighted by Crippen LogP contribution is -2.30. The zero-order valence-corrected chi connectivity index (χ0v) is 53.9. The zero-order valence-electron chi connectivity index (χ0n) is 53.9. The molecule has 0 aliphatic carbocycles. The lowest BCUT2D eigenvalue weighted by atomic mass is 10.0. The molecular formula is C74H136O6. The molecule has 80 heavy (non-hydrogen) atoms. The fourth-order valence-corrected chi connectivity index (χ4v) is 10.6. The molecule has 0 saturated carbocycles. The van der Waals surface area contributed by atoms with Crippen LogP contribution in [0.5, 0.6) is 0 Å². The van der Waals surface area contributed by atoms with Crippen molar-refractivity contribution in [3.8, 4) is 0 Å². The van der Waals surface area contributed by atoms with Gasteiger partial charge >= 0.3 is 17.9 Å². The van der Waals surface area contributed by atoms with E-state index in [0.29, 0.717) is 19.3 Å². The van der Waals surface area contributed by atoms with E-state index < -0.39 is 6.10 Å². The molecule has 6 heteroatoms. The van der Waals surface area contributed by atoms with Crippen LogP contribution in [-0.2, 0) is 28.6 Å². The maximum atomic E-state index is 13.0. The smallest absolute Gasteiger partial charge is 0.306 e. The Bertz CT molecular complexity index is 1380. The summed E-state index contributed by atoms with van der Waals surface area (Å²) in [5.41, 5.74) is 0. The van der Waals surface area contributed by atoms with Gasteiger partial charge in [0.05, 0.1) is 0 Å². The third-order valence-electron chi connectivity index (χ3n) is 16.0. The van der Waals surface area contributed by atoms with Crippen molar-refractivity contribution >= 4 is 17.9 Å². The Kier molecular flexibility index (Phi) is 66.6. The van der Waals surface area contributed by atoms with Crippen LogP contribution in [0, 0.1) is 0 Å². The number of hydrogen-bond donors (Lipinski definition) is 0. The molecule has 0 fully saturated rings. The van der Waals surface area contributed by atoms with Crippen molar-refractivity contribution < 1.29 is 28.6 Å². The Labute approximate surface area is 498 Å². The second kappa shape index (κ2) is 68.9. The Morgan fingerprint density at radius 3 is 0.725 bits per heavy atom. The summed E-state index contributed by atoms with van der Waals surface area (Å²) in [6.45, 7) is 6.66. The van der Waals surface area contributed by atoms with Crippen molar-refractivity contribution in [2.45, 2.75) is 393 Å². The van der Waals surface area contributed by atoms with Gasteiger partial charge in [-0.3, -0.25) is 14.4 Å². The second-order valence-electron chi connectivity index (χ2n) is 24.1. The molecule has 1 atom stereocenters. The monoisotopic (exact) mass is 1120 g/mol. The van der Waals surface area contributed by atoms with Crippen LogP contribution < -0.4 is 0 Å². The van der Waals surface area contributed by atoms with Gasteiger partial charge in [-0.05, 0) is 103 Å². The average molecular weight is 1120 g/mol. The van der Waals surface area contributed by atoms with Crippen molar-refractivity contribution in [2.75, 3.05) is 13.2 Å². The molecule has 0 aliphatic heterocycles. The minimum Gasteiger partial charge on any atom is -0.462 e. The van der Waals surface area contributed by atoms with E-state index in [9.17, 15) is 14.4 Å². The molecule has 0 aromatic carbocycles. The number of allylic oxidation sites excluding steroid dienone is 8. The van der Waals surface area contributed by atoms with Crippen molar-refractivity contribution in [1.29, 1.82) is 0 Å². The summed E-state index contributed by atoms with van der Waals surface area (Å²) in [7, 11) is 0. The maximum absolute atomic E-state index is 13.0. The molecular weight excluding hydrogens is 985 g/mol. The van der Waals surface area contributed by atoms with Crippen molar-refractivity contribution in [1.82, 2.24) is 0 Å². The summed E-state index contributed by atoms with van der Waals surface area (Å²) in [5.74, 6) is -0.859. The van der Waals surface area contributed by atoms with Crippen LogP contribution in [0.1, 0.15) is 387 Å². The molecule has 468 valence electrons. The van der Waals surface area contributed by atoms with Crippen molar-refractivity contribution in [3.05, 3.63) is 48.6 Å². The standard InChI is InChI=1S/C74H136O6/c1-4-7-10-13-16-19-22-25-27-29-31-33-35-37-39-41-43-45-47-49-52-55-58-61-64-67-73(76)79-70-71(69-78-72(75)66-63-60-57-54-51-24-21-18-15-12-9-6-3)80-74(77)68-65-62-59-56-53-50-48-46-44-42-40-38-36-34-32-30-28-26-23-20-17-14-11-8-5-2/h18,21-22,25,29-32,71H,4-17,19-20,23-24,26-28,33-70H2,1-3H3/b21-18-,25-22-,31-29-,32-30-. The first-order valence-electron chi connectivity index (χ1n) is 35.6. The first kappa shape index (κ1) is 77.4. The van der Waals surface area contributed by atoms with Gasteiger partial charge in [0.15, 0.2) is 6.10 Å². The number of hydrogen-bond acceptors (Lipinski definition) is 6. The Morgan fingerprint density at radius 1 is 0.250 bits per heavy atom. The third kappa shape index (κ3) is 66.2. The minimum atomic E-state index is -0.777. The molecule has 0 aromatic heterocycles. The summed E-state index contributed by atoms with van der Waals surface area (Å²) in [4.78, 5) is 38.4. The fraction of sp³-hybridized carbons (Fsp3) is 0.851. The highest BCUT2D eigenvalue weighted by Gasteiger charge is 2.19. The largest absolute Gasteiger partial charge is 0.462 e. The van der Waals surface area contributed by atoms with Gasteiger partial charge in [-0.1, -0.05) is 313 Å². The van der Waals surface area contributed by atoms with Gasteiger partial charge in [0.2, 0.25) is 0 Å². The molecule has 0 radical (unpaired) electrons. The van der Waals surface area contributed by atoms with Crippen molar-refractivity contribution in [2.24, 2.45) is 0 Å². The fourth-order valence-electron chi connectivity index (χ4n) is 10.6. The number of carbonyl (C=O) groups is 3. The highest BCUT2D eigenvalue weighted by atomic mass is 16.6. The molecule has 6 nitrogen and oxygen atoms in total. The number of esters is 3. The van der Waals surface area contributed by atoms with Gasteiger partial charge < -0.3 is 14.2 Å². The van der Waals surface area contributed by atoms with E-state index in [4.69, 9.17) is 14.2 Å². The predicted molar refractivity (Wildman–Crippen MR) is 349 cm³/mol. The highest BCUT2D eigenvalue weighted by molar-refractivity contribution is 5.71. The number of carbonyl (C=O) groups excluding carboxylic acids is 3. The lowest BCUT2D eigenvalue weighted by molar-refractivity contribution is -0.167. The molecule has 0 N–H and O–H groups in total. The molecule has 0 aromatic rings. The van der Waals surface area contributed by atoms with Gasteiger partial charge in [0, 0.05) is 19.3 Å². The summed E-state index contributed by atoms with van der Waals surface area (Å²) in [6, 6.07) is 0. The summed E-state index contributed by atoms with van der Waals surface area (Å²) >= 11 is 0. The highest BCUT2D eigenvalue weighted by Crippen LogP contribution is 2.18. The van der Waals surface area contributed by atoms with Crippen LogP contribution in [0.2, 0.25) is 0 Å². The molecule has 0 spiro atoms. The SMILES string of the molecule is CCCCC/C=C\CCCCCCCC(=O)OCC(COC(=O)CCCCCCCCCCCCCCC/C=C\C/C=C\CCCCCCC)OC(=O)CCCCCCCCCCCCCCC/C=C\CCCCCCCCCC. The van der Waals surface area contributed by atoms with E-state index in [1.807, 2.05) is 0 Å². The molecule has 0 aliphatic rings. The minimum absolute atomic E-state index is 0.0727. The van der Waals surface area contributed by atoms with E-state index in [1.54, 1.807) is 0 Å². The van der Waals surface area contributed by atoms with E-state index in [2.05, 4.69) is 69.4 Å². The molecule has 0 bridgehead atoms. The van der Waals surface area contributed by atoms with Crippen molar-refractivity contribution in [3.63, 3.8) is 0 Å². The van der Waals surface area contributed by atoms with Crippen LogP contribution >= 0.6 is 0 Å². The topological polar surface area (TPSA) is 78.9 Å². The van der Waals surface area contributed by atoms with Gasteiger partial charge in [-0.2, -0.15) is 0 Å². The first-order chi connectivity index (χ1) is 39.5. The van der Waals surface area contributed by atoms with E-state index in [-0.39, 0.29) is 31.1 Å². The molecule has 0 amide bonds. The molecule has 0 rings (SSSR count). The predicted octanol–water partition coefficient (Wildman–Crippen LogP) is 24.5. The second-order valence-corrected chi connectivity index (χ2v) is 24.1. The lowest BCUT2D eigenvalue weighted by Gasteiger charge is -2.18. The van der Waals surface area contributed by atoms with Crippen LogP contribution in [-0.4, -0.2) is 37.2 Å². The zero-order chi connectivity index (χ0) is 57.8. The Morgan fingerprint density at radius 2 is 0.450 bits per heavy atom. The van der Waals surface area contributed by atoms with E-state index in [0.717, 1.165) is 70.6 Å². The maximum Gasteiger partial charge on any atom is 0.306 e. The number of unbranched alkanes of at least 4 members (excludes halogenated alkanes) is 47.